The van der Waals surface area contributed by atoms with Crippen molar-refractivity contribution >= 4 is 33.2 Å². The van der Waals surface area contributed by atoms with E-state index in [4.69, 9.17) is 0 Å². The summed E-state index contributed by atoms with van der Waals surface area (Å²) in [4.78, 5) is 29.4. The van der Waals surface area contributed by atoms with Gasteiger partial charge in [0, 0.05) is 45.2 Å². The SMILES string of the molecule is CS(=O)(=O)N1CCC(C(=O)N2CCN(C(=O)c3cccs3)CC2)CC1. The number of amides is 2. The molecule has 7 nitrogen and oxygen atoms in total. The minimum atomic E-state index is -3.17. The predicted molar refractivity (Wildman–Crippen MR) is 95.9 cm³/mol. The highest BCUT2D eigenvalue weighted by atomic mass is 32.2. The number of nitrogens with zero attached hydrogens (tertiary/aromatic N) is 3. The van der Waals surface area contributed by atoms with Crippen molar-refractivity contribution in [1.82, 2.24) is 14.1 Å². The molecule has 0 spiro atoms. The van der Waals surface area contributed by atoms with E-state index in [1.807, 2.05) is 22.4 Å². The van der Waals surface area contributed by atoms with Crippen LogP contribution in [0.1, 0.15) is 22.5 Å². The van der Waals surface area contributed by atoms with Gasteiger partial charge in [-0.05, 0) is 24.3 Å². The van der Waals surface area contributed by atoms with Crippen LogP contribution in [0.15, 0.2) is 17.5 Å². The monoisotopic (exact) mass is 385 g/mol. The van der Waals surface area contributed by atoms with E-state index in [1.165, 1.54) is 21.9 Å². The van der Waals surface area contributed by atoms with Crippen LogP contribution in [0.3, 0.4) is 0 Å². The summed E-state index contributed by atoms with van der Waals surface area (Å²) in [6, 6.07) is 3.68. The standard InChI is InChI=1S/C16H23N3O4S2/c1-25(22,23)19-6-4-13(5-7-19)15(20)17-8-10-18(11-9-17)16(21)14-3-2-12-24-14/h2-3,12-13H,4-11H2,1H3. The molecule has 1 aromatic heterocycles. The lowest BCUT2D eigenvalue weighted by molar-refractivity contribution is -0.138. The lowest BCUT2D eigenvalue weighted by Gasteiger charge is -2.38. The Morgan fingerprint density at radius 2 is 1.64 bits per heavy atom. The normalized spacial score (nSPS) is 20.7. The Balaban J connectivity index is 1.50. The molecule has 0 bridgehead atoms. The molecule has 1 aromatic rings. The number of carbonyl (C=O) groups excluding carboxylic acids is 2. The number of piperazine rings is 1. The van der Waals surface area contributed by atoms with Crippen molar-refractivity contribution in [3.8, 4) is 0 Å². The molecule has 2 aliphatic rings. The molecule has 3 heterocycles. The van der Waals surface area contributed by atoms with Gasteiger partial charge in [-0.3, -0.25) is 9.59 Å². The molecule has 0 N–H and O–H groups in total. The number of rotatable bonds is 3. The first kappa shape index (κ1) is 18.3. The summed E-state index contributed by atoms with van der Waals surface area (Å²) in [5.74, 6) is 0.0116. The van der Waals surface area contributed by atoms with Crippen LogP contribution in [0.25, 0.3) is 0 Å². The third-order valence-corrected chi connectivity index (χ3v) is 7.04. The highest BCUT2D eigenvalue weighted by Crippen LogP contribution is 2.22. The first-order chi connectivity index (χ1) is 11.9. The van der Waals surface area contributed by atoms with E-state index in [1.54, 1.807) is 4.90 Å². The Kier molecular flexibility index (Phi) is 5.45. The van der Waals surface area contributed by atoms with E-state index in [9.17, 15) is 18.0 Å². The van der Waals surface area contributed by atoms with E-state index >= 15 is 0 Å². The molecule has 2 amide bonds. The maximum atomic E-state index is 12.7. The molecule has 2 aliphatic heterocycles. The summed E-state index contributed by atoms with van der Waals surface area (Å²) in [6.07, 6.45) is 2.35. The topological polar surface area (TPSA) is 78.0 Å². The van der Waals surface area contributed by atoms with Crippen molar-refractivity contribution in [3.05, 3.63) is 22.4 Å². The Morgan fingerprint density at radius 1 is 1.04 bits per heavy atom. The van der Waals surface area contributed by atoms with E-state index in [-0.39, 0.29) is 17.7 Å². The molecule has 0 saturated carbocycles. The van der Waals surface area contributed by atoms with Crippen molar-refractivity contribution < 1.29 is 18.0 Å². The van der Waals surface area contributed by atoms with Gasteiger partial charge in [0.15, 0.2) is 0 Å². The van der Waals surface area contributed by atoms with Crippen LogP contribution in [-0.2, 0) is 14.8 Å². The molecule has 138 valence electrons. The summed E-state index contributed by atoms with van der Waals surface area (Å²) in [6.45, 7) is 3.00. The second-order valence-electron chi connectivity index (χ2n) is 6.53. The van der Waals surface area contributed by atoms with Gasteiger partial charge in [-0.2, -0.15) is 0 Å². The molecular formula is C16H23N3O4S2. The number of sulfonamides is 1. The molecule has 0 aromatic carbocycles. The van der Waals surface area contributed by atoms with Crippen LogP contribution in [-0.4, -0.2) is 79.9 Å². The predicted octanol–water partition coefficient (Wildman–Crippen LogP) is 0.704. The Morgan fingerprint density at radius 3 is 2.16 bits per heavy atom. The Labute approximate surface area is 152 Å². The number of carbonyl (C=O) groups is 2. The summed E-state index contributed by atoms with van der Waals surface area (Å²) in [5.41, 5.74) is 0. The zero-order valence-corrected chi connectivity index (χ0v) is 15.9. The van der Waals surface area contributed by atoms with Crippen LogP contribution < -0.4 is 0 Å². The molecule has 0 unspecified atom stereocenters. The number of thiophene rings is 1. The molecule has 0 aliphatic carbocycles. The van der Waals surface area contributed by atoms with Gasteiger partial charge in [-0.25, -0.2) is 12.7 Å². The molecule has 0 radical (unpaired) electrons. The molecule has 2 fully saturated rings. The van der Waals surface area contributed by atoms with Gasteiger partial charge in [0.2, 0.25) is 15.9 Å². The average molecular weight is 386 g/mol. The van der Waals surface area contributed by atoms with Gasteiger partial charge >= 0.3 is 0 Å². The number of hydrogen-bond acceptors (Lipinski definition) is 5. The third kappa shape index (κ3) is 4.21. The summed E-state index contributed by atoms with van der Waals surface area (Å²) in [7, 11) is -3.17. The van der Waals surface area contributed by atoms with Crippen LogP contribution in [0.4, 0.5) is 0 Å². The van der Waals surface area contributed by atoms with Crippen molar-refractivity contribution in [2.24, 2.45) is 5.92 Å². The molecule has 3 rings (SSSR count). The van der Waals surface area contributed by atoms with Crippen molar-refractivity contribution in [2.75, 3.05) is 45.5 Å². The molecular weight excluding hydrogens is 362 g/mol. The highest BCUT2D eigenvalue weighted by Gasteiger charge is 2.33. The maximum absolute atomic E-state index is 12.7. The zero-order chi connectivity index (χ0) is 18.0. The Bertz CT molecular complexity index is 717. The fourth-order valence-corrected chi connectivity index (χ4v) is 4.94. The fraction of sp³-hybridized carbons (Fsp3) is 0.625. The maximum Gasteiger partial charge on any atom is 0.264 e. The minimum Gasteiger partial charge on any atom is -0.339 e. The van der Waals surface area contributed by atoms with E-state index < -0.39 is 10.0 Å². The van der Waals surface area contributed by atoms with Gasteiger partial charge in [0.25, 0.3) is 5.91 Å². The second kappa shape index (κ2) is 7.43. The smallest absolute Gasteiger partial charge is 0.264 e. The quantitative estimate of drug-likeness (QED) is 0.768. The molecule has 25 heavy (non-hydrogen) atoms. The average Bonchev–Trinajstić information content (AvgIpc) is 3.14. The zero-order valence-electron chi connectivity index (χ0n) is 14.3. The number of hydrogen-bond donors (Lipinski definition) is 0. The summed E-state index contributed by atoms with van der Waals surface area (Å²) in [5, 5.41) is 1.88. The minimum absolute atomic E-state index is 0.0311. The van der Waals surface area contributed by atoms with Gasteiger partial charge in [0.05, 0.1) is 11.1 Å². The molecule has 2 saturated heterocycles. The third-order valence-electron chi connectivity index (χ3n) is 4.88. The molecule has 0 atom stereocenters. The lowest BCUT2D eigenvalue weighted by atomic mass is 9.96. The molecule has 9 heteroatoms. The Hall–Kier alpha value is -1.45. The van der Waals surface area contributed by atoms with Crippen LogP contribution in [0, 0.1) is 5.92 Å². The van der Waals surface area contributed by atoms with Crippen LogP contribution >= 0.6 is 11.3 Å². The van der Waals surface area contributed by atoms with Gasteiger partial charge < -0.3 is 9.80 Å². The van der Waals surface area contributed by atoms with E-state index in [2.05, 4.69) is 0 Å². The van der Waals surface area contributed by atoms with Gasteiger partial charge in [0.1, 0.15) is 0 Å². The van der Waals surface area contributed by atoms with E-state index in [0.29, 0.717) is 52.1 Å². The van der Waals surface area contributed by atoms with Crippen molar-refractivity contribution in [2.45, 2.75) is 12.8 Å². The van der Waals surface area contributed by atoms with Crippen LogP contribution in [0.5, 0.6) is 0 Å². The van der Waals surface area contributed by atoms with Gasteiger partial charge in [-0.15, -0.1) is 11.3 Å². The largest absolute Gasteiger partial charge is 0.339 e. The summed E-state index contributed by atoms with van der Waals surface area (Å²) < 4.78 is 24.6. The summed E-state index contributed by atoms with van der Waals surface area (Å²) >= 11 is 1.43. The lowest BCUT2D eigenvalue weighted by Crippen LogP contribution is -2.53. The van der Waals surface area contributed by atoms with Gasteiger partial charge in [-0.1, -0.05) is 6.07 Å². The van der Waals surface area contributed by atoms with Crippen molar-refractivity contribution in [3.63, 3.8) is 0 Å². The van der Waals surface area contributed by atoms with E-state index in [0.717, 1.165) is 4.88 Å². The number of piperidine rings is 1. The van der Waals surface area contributed by atoms with Crippen molar-refractivity contribution in [1.29, 1.82) is 0 Å². The van der Waals surface area contributed by atoms with Crippen LogP contribution in [0.2, 0.25) is 0 Å². The second-order valence-corrected chi connectivity index (χ2v) is 9.46. The fourth-order valence-electron chi connectivity index (χ4n) is 3.38. The first-order valence-electron chi connectivity index (χ1n) is 8.43. The highest BCUT2D eigenvalue weighted by molar-refractivity contribution is 7.88. The first-order valence-corrected chi connectivity index (χ1v) is 11.2.